The molecule has 2 aromatic carbocycles. The highest BCUT2D eigenvalue weighted by molar-refractivity contribution is 6.31. The van der Waals surface area contributed by atoms with Crippen molar-refractivity contribution in [1.29, 1.82) is 0 Å². The number of aliphatic hydroxyl groups is 1. The summed E-state index contributed by atoms with van der Waals surface area (Å²) in [5.74, 6) is 0.148. The first-order valence-electron chi connectivity index (χ1n) is 9.00. The number of allylic oxidation sites excluding steroid dienone is 1. The molecule has 3 N–H and O–H groups in total. The SMILES string of the molecule is CC(O)(CC(N)=O)C1(Cc2ccc(OCc3ccccc3Cl)cc2)C=CC=N1. The lowest BCUT2D eigenvalue weighted by Gasteiger charge is -2.38. The molecule has 0 saturated heterocycles. The highest BCUT2D eigenvalue weighted by atomic mass is 35.5. The van der Waals surface area contributed by atoms with E-state index < -0.39 is 17.0 Å². The van der Waals surface area contributed by atoms with Gasteiger partial charge in [0.15, 0.2) is 0 Å². The van der Waals surface area contributed by atoms with Gasteiger partial charge in [0, 0.05) is 23.2 Å². The molecule has 5 nitrogen and oxygen atoms in total. The minimum absolute atomic E-state index is 0.173. The van der Waals surface area contributed by atoms with Crippen molar-refractivity contribution in [3.8, 4) is 5.75 Å². The minimum atomic E-state index is -1.39. The summed E-state index contributed by atoms with van der Waals surface area (Å²) in [5, 5.41) is 11.6. The molecule has 2 aromatic rings. The number of nitrogens with two attached hydrogens (primary N) is 1. The molecule has 0 spiro atoms. The van der Waals surface area contributed by atoms with Crippen LogP contribution in [0, 0.1) is 0 Å². The fourth-order valence-corrected chi connectivity index (χ4v) is 3.51. The van der Waals surface area contributed by atoms with Crippen molar-refractivity contribution in [2.45, 2.75) is 37.5 Å². The Hall–Kier alpha value is -2.63. The van der Waals surface area contributed by atoms with Crippen LogP contribution in [0.2, 0.25) is 5.02 Å². The van der Waals surface area contributed by atoms with Crippen molar-refractivity contribution < 1.29 is 14.6 Å². The number of aliphatic imine (C=N–C) groups is 1. The van der Waals surface area contributed by atoms with Crippen molar-refractivity contribution in [1.82, 2.24) is 0 Å². The molecule has 0 aliphatic carbocycles. The molecule has 28 heavy (non-hydrogen) atoms. The molecule has 1 aliphatic heterocycles. The van der Waals surface area contributed by atoms with Gasteiger partial charge in [-0.1, -0.05) is 48.0 Å². The van der Waals surface area contributed by atoms with E-state index in [2.05, 4.69) is 4.99 Å². The number of benzene rings is 2. The predicted octanol–water partition coefficient (Wildman–Crippen LogP) is 3.47. The van der Waals surface area contributed by atoms with E-state index in [1.807, 2.05) is 54.6 Å². The number of primary amides is 1. The van der Waals surface area contributed by atoms with Crippen LogP contribution in [0.5, 0.6) is 5.75 Å². The maximum atomic E-state index is 11.4. The van der Waals surface area contributed by atoms with Crippen molar-refractivity contribution in [3.63, 3.8) is 0 Å². The fraction of sp³-hybridized carbons (Fsp3) is 0.273. The first-order chi connectivity index (χ1) is 13.3. The average molecular weight is 399 g/mol. The lowest BCUT2D eigenvalue weighted by atomic mass is 9.75. The van der Waals surface area contributed by atoms with Crippen LogP contribution in [0.1, 0.15) is 24.5 Å². The van der Waals surface area contributed by atoms with E-state index in [1.54, 1.807) is 19.2 Å². The molecule has 0 radical (unpaired) electrons. The smallest absolute Gasteiger partial charge is 0.220 e. The van der Waals surface area contributed by atoms with Gasteiger partial charge in [-0.25, -0.2) is 0 Å². The number of rotatable bonds is 8. The molecule has 3 rings (SSSR count). The Labute approximate surface area is 169 Å². The van der Waals surface area contributed by atoms with Gasteiger partial charge in [0.1, 0.15) is 17.9 Å². The Bertz CT molecular complexity index is 892. The van der Waals surface area contributed by atoms with E-state index in [4.69, 9.17) is 22.1 Å². The summed E-state index contributed by atoms with van der Waals surface area (Å²) in [6, 6.07) is 15.1. The Kier molecular flexibility index (Phi) is 5.87. The van der Waals surface area contributed by atoms with Crippen LogP contribution in [-0.4, -0.2) is 28.4 Å². The molecule has 1 aliphatic rings. The summed E-state index contributed by atoms with van der Waals surface area (Å²) in [7, 11) is 0. The van der Waals surface area contributed by atoms with Gasteiger partial charge in [-0.2, -0.15) is 0 Å². The number of hydrogen-bond acceptors (Lipinski definition) is 4. The van der Waals surface area contributed by atoms with Crippen LogP contribution in [0.25, 0.3) is 0 Å². The van der Waals surface area contributed by atoms with Gasteiger partial charge in [0.25, 0.3) is 0 Å². The van der Waals surface area contributed by atoms with E-state index in [0.29, 0.717) is 23.8 Å². The van der Waals surface area contributed by atoms with E-state index in [9.17, 15) is 9.90 Å². The summed E-state index contributed by atoms with van der Waals surface area (Å²) in [4.78, 5) is 15.8. The molecule has 0 fully saturated rings. The van der Waals surface area contributed by atoms with Crippen LogP contribution in [0.3, 0.4) is 0 Å². The molecule has 6 heteroatoms. The molecule has 2 unspecified atom stereocenters. The van der Waals surface area contributed by atoms with Gasteiger partial charge in [-0.3, -0.25) is 9.79 Å². The number of carbonyl (C=O) groups excluding carboxylic acids is 1. The van der Waals surface area contributed by atoms with E-state index in [0.717, 1.165) is 11.1 Å². The van der Waals surface area contributed by atoms with Crippen LogP contribution in [-0.2, 0) is 17.8 Å². The zero-order chi connectivity index (χ0) is 20.2. The van der Waals surface area contributed by atoms with Crippen LogP contribution in [0.4, 0.5) is 0 Å². The number of nitrogens with zero attached hydrogens (tertiary/aromatic N) is 1. The molecule has 1 heterocycles. The maximum Gasteiger partial charge on any atom is 0.220 e. The number of ether oxygens (including phenoxy) is 1. The van der Waals surface area contributed by atoms with E-state index in [-0.39, 0.29) is 6.42 Å². The first kappa shape index (κ1) is 20.1. The van der Waals surface area contributed by atoms with Crippen molar-refractivity contribution >= 4 is 23.7 Å². The Morgan fingerprint density at radius 3 is 2.57 bits per heavy atom. The van der Waals surface area contributed by atoms with Gasteiger partial charge in [-0.15, -0.1) is 0 Å². The number of amides is 1. The molecular formula is C22H23ClN2O3. The zero-order valence-corrected chi connectivity index (χ0v) is 16.4. The average Bonchev–Trinajstić information content (AvgIpc) is 3.12. The highest BCUT2D eigenvalue weighted by Crippen LogP contribution is 2.36. The summed E-state index contributed by atoms with van der Waals surface area (Å²) >= 11 is 6.15. The molecule has 0 saturated carbocycles. The Morgan fingerprint density at radius 1 is 1.25 bits per heavy atom. The second kappa shape index (κ2) is 8.17. The van der Waals surface area contributed by atoms with Gasteiger partial charge in [0.05, 0.1) is 12.0 Å². The molecule has 2 atom stereocenters. The van der Waals surface area contributed by atoms with Crippen molar-refractivity contribution in [2.24, 2.45) is 10.7 Å². The van der Waals surface area contributed by atoms with Crippen LogP contribution < -0.4 is 10.5 Å². The predicted molar refractivity (Wildman–Crippen MR) is 111 cm³/mol. The van der Waals surface area contributed by atoms with E-state index >= 15 is 0 Å². The van der Waals surface area contributed by atoms with Crippen LogP contribution >= 0.6 is 11.6 Å². The molecule has 1 amide bonds. The third-order valence-electron chi connectivity index (χ3n) is 4.96. The molecule has 0 aromatic heterocycles. The summed E-state index contributed by atoms with van der Waals surface area (Å²) in [6.45, 7) is 1.97. The monoisotopic (exact) mass is 398 g/mol. The second-order valence-electron chi connectivity index (χ2n) is 7.18. The van der Waals surface area contributed by atoms with Gasteiger partial charge < -0.3 is 15.6 Å². The molecular weight excluding hydrogens is 376 g/mol. The summed E-state index contributed by atoms with van der Waals surface area (Å²) in [6.07, 6.45) is 5.49. The number of hydrogen-bond donors (Lipinski definition) is 2. The fourth-order valence-electron chi connectivity index (χ4n) is 3.32. The topological polar surface area (TPSA) is 84.9 Å². The lowest BCUT2D eigenvalue weighted by Crippen LogP contribution is -2.52. The minimum Gasteiger partial charge on any atom is -0.489 e. The van der Waals surface area contributed by atoms with Gasteiger partial charge in [-0.05, 0) is 36.8 Å². The summed E-state index contributed by atoms with van der Waals surface area (Å²) in [5.41, 5.74) is 4.87. The molecule has 146 valence electrons. The second-order valence-corrected chi connectivity index (χ2v) is 7.59. The van der Waals surface area contributed by atoms with Crippen LogP contribution in [0.15, 0.2) is 65.7 Å². The zero-order valence-electron chi connectivity index (χ0n) is 15.6. The standard InChI is InChI=1S/C22H23ClN2O3/c1-21(27,14-20(24)26)22(11-4-12-25-22)13-16-7-9-18(10-8-16)28-15-17-5-2-3-6-19(17)23/h2-12,27H,13-15H2,1H3,(H2,24,26). The van der Waals surface area contributed by atoms with Gasteiger partial charge >= 0.3 is 0 Å². The highest BCUT2D eigenvalue weighted by Gasteiger charge is 2.47. The number of halogens is 1. The van der Waals surface area contributed by atoms with E-state index in [1.165, 1.54) is 0 Å². The maximum absolute atomic E-state index is 11.4. The Balaban J connectivity index is 1.70. The van der Waals surface area contributed by atoms with Crippen molar-refractivity contribution in [3.05, 3.63) is 76.8 Å². The quantitative estimate of drug-likeness (QED) is 0.714. The third-order valence-corrected chi connectivity index (χ3v) is 5.33. The lowest BCUT2D eigenvalue weighted by molar-refractivity contribution is -0.124. The molecule has 0 bridgehead atoms. The summed E-state index contributed by atoms with van der Waals surface area (Å²) < 4.78 is 5.80. The van der Waals surface area contributed by atoms with Crippen molar-refractivity contribution in [2.75, 3.05) is 0 Å². The third kappa shape index (κ3) is 4.43. The van der Waals surface area contributed by atoms with Gasteiger partial charge in [0.2, 0.25) is 5.91 Å². The number of carbonyl (C=O) groups is 1. The first-order valence-corrected chi connectivity index (χ1v) is 9.38. The largest absolute Gasteiger partial charge is 0.489 e. The Morgan fingerprint density at radius 2 is 1.96 bits per heavy atom. The normalized spacial score (nSPS) is 20.1.